The number of amides is 1. The molecule has 0 aromatic rings. The fourth-order valence-electron chi connectivity index (χ4n) is 0.981. The molecule has 1 aliphatic rings. The second kappa shape index (κ2) is 4.78. The molecule has 0 aromatic heterocycles. The highest BCUT2D eigenvalue weighted by Crippen LogP contribution is 2.08. The molecule has 5 heteroatoms. The molecule has 0 bridgehead atoms. The van der Waals surface area contributed by atoms with Crippen LogP contribution in [0.3, 0.4) is 0 Å². The summed E-state index contributed by atoms with van der Waals surface area (Å²) in [6.45, 7) is 1.56. The lowest BCUT2D eigenvalue weighted by atomic mass is 10.3. The molecule has 0 saturated carbocycles. The number of ether oxygens (including phenoxy) is 1. The summed E-state index contributed by atoms with van der Waals surface area (Å²) in [7, 11) is 0. The number of nitrogens with two attached hydrogens (primary N) is 1. The van der Waals surface area contributed by atoms with Gasteiger partial charge in [0.15, 0.2) is 0 Å². The van der Waals surface area contributed by atoms with Crippen molar-refractivity contribution in [2.24, 2.45) is 5.73 Å². The molecular weight excluding hydrogens is 184 g/mol. The highest BCUT2D eigenvalue weighted by Gasteiger charge is 2.16. The van der Waals surface area contributed by atoms with Crippen molar-refractivity contribution < 1.29 is 14.6 Å². The largest absolute Gasteiger partial charge is 0.393 e. The molecule has 14 heavy (non-hydrogen) atoms. The van der Waals surface area contributed by atoms with E-state index in [1.807, 2.05) is 0 Å². The molecule has 0 spiro atoms. The van der Waals surface area contributed by atoms with Crippen molar-refractivity contribution >= 4 is 5.91 Å². The number of aliphatic hydroxyl groups excluding tert-OH is 1. The van der Waals surface area contributed by atoms with Crippen LogP contribution < -0.4 is 11.1 Å². The van der Waals surface area contributed by atoms with Gasteiger partial charge in [0.1, 0.15) is 12.3 Å². The van der Waals surface area contributed by atoms with Crippen LogP contribution in [-0.2, 0) is 9.53 Å². The molecule has 5 nitrogen and oxygen atoms in total. The van der Waals surface area contributed by atoms with Crippen molar-refractivity contribution in [2.45, 2.75) is 19.3 Å². The Hall–Kier alpha value is -1.33. The van der Waals surface area contributed by atoms with E-state index in [-0.39, 0.29) is 18.9 Å². The van der Waals surface area contributed by atoms with E-state index < -0.39 is 5.91 Å². The van der Waals surface area contributed by atoms with Crippen molar-refractivity contribution in [1.82, 2.24) is 5.32 Å². The minimum Gasteiger partial charge on any atom is -0.393 e. The summed E-state index contributed by atoms with van der Waals surface area (Å²) in [4.78, 5) is 10.6. The maximum absolute atomic E-state index is 10.6. The number of primary amides is 1. The molecule has 0 radical (unpaired) electrons. The summed E-state index contributed by atoms with van der Waals surface area (Å²) < 4.78 is 5.27. The number of aliphatic hydroxyl groups is 1. The minimum atomic E-state index is -0.474. The Balaban J connectivity index is 2.38. The van der Waals surface area contributed by atoms with Crippen molar-refractivity contribution in [2.75, 3.05) is 6.61 Å². The average molecular weight is 198 g/mol. The van der Waals surface area contributed by atoms with Gasteiger partial charge in [-0.2, -0.15) is 0 Å². The Morgan fingerprint density at radius 2 is 2.43 bits per heavy atom. The van der Waals surface area contributed by atoms with Gasteiger partial charge in [0.25, 0.3) is 0 Å². The third-order valence-corrected chi connectivity index (χ3v) is 1.85. The monoisotopic (exact) mass is 198 g/mol. The number of nitrogens with one attached hydrogen (secondary N) is 1. The maximum Gasteiger partial charge on any atom is 0.245 e. The Bertz CT molecular complexity index is 273. The van der Waals surface area contributed by atoms with Crippen LogP contribution in [0.15, 0.2) is 23.9 Å². The molecule has 78 valence electrons. The molecule has 1 rings (SSSR count). The van der Waals surface area contributed by atoms with E-state index in [2.05, 4.69) is 5.32 Å². The van der Waals surface area contributed by atoms with Crippen LogP contribution >= 0.6 is 0 Å². The second-order valence-electron chi connectivity index (χ2n) is 3.02. The van der Waals surface area contributed by atoms with Crippen molar-refractivity contribution in [3.63, 3.8) is 0 Å². The fourth-order valence-corrected chi connectivity index (χ4v) is 0.981. The van der Waals surface area contributed by atoms with Crippen LogP contribution in [0.25, 0.3) is 0 Å². The van der Waals surface area contributed by atoms with E-state index >= 15 is 0 Å². The predicted molar refractivity (Wildman–Crippen MR) is 51.0 cm³/mol. The van der Waals surface area contributed by atoms with Crippen LogP contribution in [0.5, 0.6) is 0 Å². The van der Waals surface area contributed by atoms with E-state index in [9.17, 15) is 4.79 Å². The van der Waals surface area contributed by atoms with E-state index in [1.165, 1.54) is 6.20 Å². The van der Waals surface area contributed by atoms with Gasteiger partial charge in [-0.15, -0.1) is 0 Å². The van der Waals surface area contributed by atoms with Gasteiger partial charge in [-0.05, 0) is 13.0 Å². The Labute approximate surface area is 82.2 Å². The summed E-state index contributed by atoms with van der Waals surface area (Å²) in [5.41, 5.74) is 5.45. The Morgan fingerprint density at radius 3 is 2.93 bits per heavy atom. The van der Waals surface area contributed by atoms with Crippen LogP contribution in [0, 0.1) is 0 Å². The van der Waals surface area contributed by atoms with Crippen LogP contribution in [0.4, 0.5) is 0 Å². The molecule has 2 unspecified atom stereocenters. The number of hydrogen-bond donors (Lipinski definition) is 3. The van der Waals surface area contributed by atoms with E-state index in [4.69, 9.17) is 15.6 Å². The van der Waals surface area contributed by atoms with Crippen LogP contribution in [0.2, 0.25) is 0 Å². The lowest BCUT2D eigenvalue weighted by molar-refractivity contribution is -0.114. The first-order valence-electron chi connectivity index (χ1n) is 4.30. The van der Waals surface area contributed by atoms with Crippen LogP contribution in [0.1, 0.15) is 6.92 Å². The van der Waals surface area contributed by atoms with Gasteiger partial charge in [0.2, 0.25) is 5.91 Å². The quantitative estimate of drug-likeness (QED) is 0.409. The first-order valence-corrected chi connectivity index (χ1v) is 4.30. The first kappa shape index (κ1) is 10.7. The van der Waals surface area contributed by atoms with Crippen LogP contribution in [-0.4, -0.2) is 30.0 Å². The van der Waals surface area contributed by atoms with Crippen molar-refractivity contribution in [3.8, 4) is 0 Å². The van der Waals surface area contributed by atoms with Gasteiger partial charge >= 0.3 is 0 Å². The lowest BCUT2D eigenvalue weighted by Crippen LogP contribution is -2.27. The highest BCUT2D eigenvalue weighted by molar-refractivity contribution is 5.91. The zero-order chi connectivity index (χ0) is 10.6. The standard InChI is InChI=1S/C9H14N2O3/c1-6(9(10)13)4-11-8-3-2-7(5-12)14-8/h2-4,7-8,11-12H,5H2,1H3,(H2,10,13)/b6-4-. The fraction of sp³-hybridized carbons (Fsp3) is 0.444. The van der Waals surface area contributed by atoms with Gasteiger partial charge in [-0.25, -0.2) is 0 Å². The summed E-state index contributed by atoms with van der Waals surface area (Å²) in [6.07, 6.45) is 4.45. The Kier molecular flexibility index (Phi) is 3.67. The SMILES string of the molecule is C/C(=C/NC1C=CC(CO)O1)C(N)=O. The molecule has 0 fully saturated rings. The number of rotatable bonds is 4. The smallest absolute Gasteiger partial charge is 0.245 e. The average Bonchev–Trinajstić information content (AvgIpc) is 2.61. The molecular formula is C9H14N2O3. The van der Waals surface area contributed by atoms with Gasteiger partial charge < -0.3 is 20.9 Å². The van der Waals surface area contributed by atoms with E-state index in [1.54, 1.807) is 19.1 Å². The van der Waals surface area contributed by atoms with Gasteiger partial charge in [0.05, 0.1) is 6.61 Å². The summed E-state index contributed by atoms with van der Waals surface area (Å²) in [5.74, 6) is -0.474. The molecule has 0 saturated heterocycles. The van der Waals surface area contributed by atoms with Crippen molar-refractivity contribution in [3.05, 3.63) is 23.9 Å². The molecule has 4 N–H and O–H groups in total. The molecule has 0 aromatic carbocycles. The van der Waals surface area contributed by atoms with E-state index in [0.29, 0.717) is 5.57 Å². The molecule has 1 heterocycles. The Morgan fingerprint density at radius 1 is 1.71 bits per heavy atom. The summed E-state index contributed by atoms with van der Waals surface area (Å²) in [6, 6.07) is 0. The molecule has 1 amide bonds. The predicted octanol–water partition coefficient (Wildman–Crippen LogP) is -0.762. The van der Waals surface area contributed by atoms with Gasteiger partial charge in [-0.1, -0.05) is 6.08 Å². The zero-order valence-electron chi connectivity index (χ0n) is 7.93. The highest BCUT2D eigenvalue weighted by atomic mass is 16.5. The zero-order valence-corrected chi connectivity index (χ0v) is 7.93. The number of hydrogen-bond acceptors (Lipinski definition) is 4. The first-order chi connectivity index (χ1) is 6.63. The second-order valence-corrected chi connectivity index (χ2v) is 3.02. The summed E-state index contributed by atoms with van der Waals surface area (Å²) in [5, 5.41) is 11.6. The third-order valence-electron chi connectivity index (χ3n) is 1.85. The summed E-state index contributed by atoms with van der Waals surface area (Å²) >= 11 is 0. The minimum absolute atomic E-state index is 0.0484. The van der Waals surface area contributed by atoms with Crippen molar-refractivity contribution in [1.29, 1.82) is 0 Å². The van der Waals surface area contributed by atoms with Gasteiger partial charge in [0, 0.05) is 11.8 Å². The molecule has 2 atom stereocenters. The van der Waals surface area contributed by atoms with Gasteiger partial charge in [-0.3, -0.25) is 4.79 Å². The number of carbonyl (C=O) groups excluding carboxylic acids is 1. The topological polar surface area (TPSA) is 84.6 Å². The normalized spacial score (nSPS) is 26.6. The van der Waals surface area contributed by atoms with E-state index in [0.717, 1.165) is 0 Å². The lowest BCUT2D eigenvalue weighted by Gasteiger charge is -2.12. The number of carbonyl (C=O) groups is 1. The third kappa shape index (κ3) is 2.86. The molecule has 1 aliphatic heterocycles. The molecule has 0 aliphatic carbocycles. The maximum atomic E-state index is 10.6.